The molecule has 2 aliphatic rings. The lowest BCUT2D eigenvalue weighted by Crippen LogP contribution is -2.54. The van der Waals surface area contributed by atoms with Crippen molar-refractivity contribution in [3.8, 4) is 0 Å². The van der Waals surface area contributed by atoms with Gasteiger partial charge in [-0.25, -0.2) is 9.69 Å². The van der Waals surface area contributed by atoms with Crippen LogP contribution in [0.4, 0.5) is 16.2 Å². The second kappa shape index (κ2) is 8.19. The third-order valence-corrected chi connectivity index (χ3v) is 6.50. The number of likely N-dealkylation sites (N-methyl/N-ethyl adjacent to an activating group) is 1. The molecule has 0 aromatic heterocycles. The number of barbiturate groups is 1. The summed E-state index contributed by atoms with van der Waals surface area (Å²) < 4.78 is 0. The standard InChI is InChI=1S/C26H26ClN3O3/c1-6-29-22-13-20(27)17(11-18(22)16(3)14-26(29,4)5)12-19-23(31)28-25(33)30(24(19)32)21-10-8-7-9-15(21)2/h7-14H,6H2,1-5H3,(H,28,31,33)/b19-12-. The van der Waals surface area contributed by atoms with Crippen molar-refractivity contribution in [2.75, 3.05) is 16.3 Å². The van der Waals surface area contributed by atoms with E-state index in [-0.39, 0.29) is 11.1 Å². The first kappa shape index (κ1) is 22.8. The molecule has 1 N–H and O–H groups in total. The number of imide groups is 2. The van der Waals surface area contributed by atoms with Crippen molar-refractivity contribution in [1.29, 1.82) is 0 Å². The van der Waals surface area contributed by atoms with Gasteiger partial charge in [0.15, 0.2) is 0 Å². The molecule has 2 aromatic carbocycles. The van der Waals surface area contributed by atoms with Crippen molar-refractivity contribution in [3.05, 3.63) is 69.8 Å². The van der Waals surface area contributed by atoms with Gasteiger partial charge in [-0.15, -0.1) is 0 Å². The number of hydrogen-bond donors (Lipinski definition) is 1. The van der Waals surface area contributed by atoms with Gasteiger partial charge >= 0.3 is 6.03 Å². The number of anilines is 2. The number of carbonyl (C=O) groups is 3. The van der Waals surface area contributed by atoms with Gasteiger partial charge in [0.25, 0.3) is 11.8 Å². The van der Waals surface area contributed by atoms with Crippen LogP contribution < -0.4 is 15.1 Å². The Labute approximate surface area is 198 Å². The SMILES string of the molecule is CCN1c2cc(Cl)c(/C=C3/C(=O)NC(=O)N(c4ccccc4C)C3=O)cc2C(C)=CC1(C)C. The van der Waals surface area contributed by atoms with Crippen molar-refractivity contribution in [1.82, 2.24) is 5.32 Å². The lowest BCUT2D eigenvalue weighted by molar-refractivity contribution is -0.122. The van der Waals surface area contributed by atoms with Gasteiger partial charge in [0.05, 0.1) is 11.2 Å². The fourth-order valence-electron chi connectivity index (χ4n) is 4.65. The van der Waals surface area contributed by atoms with E-state index in [2.05, 4.69) is 37.1 Å². The molecule has 0 atom stereocenters. The normalized spacial score (nSPS) is 18.9. The number of carbonyl (C=O) groups excluding carboxylic acids is 3. The first-order chi connectivity index (χ1) is 15.5. The zero-order valence-corrected chi connectivity index (χ0v) is 20.1. The van der Waals surface area contributed by atoms with Gasteiger partial charge in [0.2, 0.25) is 0 Å². The van der Waals surface area contributed by atoms with Crippen molar-refractivity contribution < 1.29 is 14.4 Å². The molecule has 6 nitrogen and oxygen atoms in total. The van der Waals surface area contributed by atoms with E-state index >= 15 is 0 Å². The minimum absolute atomic E-state index is 0.148. The summed E-state index contributed by atoms with van der Waals surface area (Å²) in [6.07, 6.45) is 3.65. The molecule has 0 unspecified atom stereocenters. The summed E-state index contributed by atoms with van der Waals surface area (Å²) in [4.78, 5) is 41.6. The van der Waals surface area contributed by atoms with E-state index in [4.69, 9.17) is 11.6 Å². The Balaban J connectivity index is 1.81. The molecule has 0 radical (unpaired) electrons. The van der Waals surface area contributed by atoms with E-state index in [1.807, 2.05) is 25.1 Å². The molecule has 0 spiro atoms. The van der Waals surface area contributed by atoms with Crippen LogP contribution in [0.2, 0.25) is 5.02 Å². The molecule has 2 aromatic rings. The van der Waals surface area contributed by atoms with E-state index in [1.165, 1.54) is 6.08 Å². The number of allylic oxidation sites excluding steroid dienone is 1. The van der Waals surface area contributed by atoms with Crippen molar-refractivity contribution in [3.63, 3.8) is 0 Å². The third-order valence-electron chi connectivity index (χ3n) is 6.17. The molecular weight excluding hydrogens is 438 g/mol. The Kier molecular flexibility index (Phi) is 5.66. The highest BCUT2D eigenvalue weighted by Gasteiger charge is 2.38. The predicted octanol–water partition coefficient (Wildman–Crippen LogP) is 5.34. The monoisotopic (exact) mass is 463 g/mol. The molecule has 2 heterocycles. The molecule has 0 bridgehead atoms. The Morgan fingerprint density at radius 2 is 1.76 bits per heavy atom. The number of amides is 4. The van der Waals surface area contributed by atoms with Crippen LogP contribution in [-0.2, 0) is 9.59 Å². The van der Waals surface area contributed by atoms with E-state index in [1.54, 1.807) is 25.1 Å². The van der Waals surface area contributed by atoms with Crippen molar-refractivity contribution in [2.45, 2.75) is 40.2 Å². The number of fused-ring (bicyclic) bond motifs is 1. The number of halogens is 1. The molecule has 0 aliphatic carbocycles. The number of nitrogens with one attached hydrogen (secondary N) is 1. The Hall–Kier alpha value is -3.38. The number of urea groups is 1. The molecule has 2 aliphatic heterocycles. The highest BCUT2D eigenvalue weighted by Crippen LogP contribution is 2.41. The maximum atomic E-state index is 13.3. The number of benzene rings is 2. The zero-order valence-electron chi connectivity index (χ0n) is 19.3. The first-order valence-corrected chi connectivity index (χ1v) is 11.2. The van der Waals surface area contributed by atoms with Gasteiger partial charge in [-0.05, 0) is 75.6 Å². The number of para-hydroxylation sites is 1. The number of hydrogen-bond acceptors (Lipinski definition) is 4. The van der Waals surface area contributed by atoms with E-state index in [9.17, 15) is 14.4 Å². The predicted molar refractivity (Wildman–Crippen MR) is 132 cm³/mol. The second-order valence-electron chi connectivity index (χ2n) is 8.86. The molecule has 4 amide bonds. The van der Waals surface area contributed by atoms with Gasteiger partial charge in [0.1, 0.15) is 5.57 Å². The van der Waals surface area contributed by atoms with Crippen LogP contribution in [0.15, 0.2) is 48.0 Å². The summed E-state index contributed by atoms with van der Waals surface area (Å²) in [7, 11) is 0. The molecule has 7 heteroatoms. The number of nitrogens with zero attached hydrogens (tertiary/aromatic N) is 2. The van der Waals surface area contributed by atoms with Gasteiger partial charge in [0, 0.05) is 22.8 Å². The second-order valence-corrected chi connectivity index (χ2v) is 9.27. The van der Waals surface area contributed by atoms with E-state index in [0.29, 0.717) is 16.3 Å². The summed E-state index contributed by atoms with van der Waals surface area (Å²) in [5.74, 6) is -1.43. The maximum Gasteiger partial charge on any atom is 0.335 e. The molecule has 1 fully saturated rings. The summed E-state index contributed by atoms with van der Waals surface area (Å²) >= 11 is 6.63. The van der Waals surface area contributed by atoms with E-state index < -0.39 is 17.8 Å². The minimum atomic E-state index is -0.771. The topological polar surface area (TPSA) is 69.7 Å². The number of rotatable bonds is 3. The quantitative estimate of drug-likeness (QED) is 0.493. The fourth-order valence-corrected chi connectivity index (χ4v) is 4.86. The minimum Gasteiger partial charge on any atom is -0.363 e. The van der Waals surface area contributed by atoms with Crippen molar-refractivity contribution in [2.24, 2.45) is 0 Å². The molecule has 1 saturated heterocycles. The van der Waals surface area contributed by atoms with Gasteiger partial charge in [-0.3, -0.25) is 14.9 Å². The Bertz CT molecular complexity index is 1260. The average molecular weight is 464 g/mol. The van der Waals surface area contributed by atoms with Gasteiger partial charge in [-0.1, -0.05) is 35.9 Å². The number of aryl methyl sites for hydroxylation is 1. The highest BCUT2D eigenvalue weighted by molar-refractivity contribution is 6.40. The third kappa shape index (κ3) is 3.85. The molecule has 0 saturated carbocycles. The smallest absolute Gasteiger partial charge is 0.335 e. The highest BCUT2D eigenvalue weighted by atomic mass is 35.5. The average Bonchev–Trinajstić information content (AvgIpc) is 2.72. The molecule has 4 rings (SSSR count). The maximum absolute atomic E-state index is 13.3. The lowest BCUT2D eigenvalue weighted by Gasteiger charge is -2.43. The van der Waals surface area contributed by atoms with Crippen LogP contribution in [-0.4, -0.2) is 29.9 Å². The zero-order chi connectivity index (χ0) is 24.1. The van der Waals surface area contributed by atoms with Crippen LogP contribution in [0.5, 0.6) is 0 Å². The van der Waals surface area contributed by atoms with Gasteiger partial charge < -0.3 is 4.90 Å². The molecule has 33 heavy (non-hydrogen) atoms. The summed E-state index contributed by atoms with van der Waals surface area (Å²) in [6.45, 7) is 11.0. The van der Waals surface area contributed by atoms with Crippen molar-refractivity contribution >= 4 is 52.5 Å². The summed E-state index contributed by atoms with van der Waals surface area (Å²) in [6, 6.07) is 10.0. The fraction of sp³-hybridized carbons (Fsp3) is 0.269. The van der Waals surface area contributed by atoms with Crippen LogP contribution in [0.25, 0.3) is 11.6 Å². The Morgan fingerprint density at radius 1 is 1.06 bits per heavy atom. The summed E-state index contributed by atoms with van der Waals surface area (Å²) in [5, 5.41) is 2.69. The summed E-state index contributed by atoms with van der Waals surface area (Å²) in [5.41, 5.74) is 4.48. The van der Waals surface area contributed by atoms with E-state index in [0.717, 1.165) is 33.8 Å². The van der Waals surface area contributed by atoms with Gasteiger partial charge in [-0.2, -0.15) is 0 Å². The largest absolute Gasteiger partial charge is 0.363 e. The van der Waals surface area contributed by atoms with Crippen LogP contribution in [0.3, 0.4) is 0 Å². The first-order valence-electron chi connectivity index (χ1n) is 10.8. The van der Waals surface area contributed by atoms with Crippen LogP contribution in [0.1, 0.15) is 44.4 Å². The molecule has 170 valence electrons. The Morgan fingerprint density at radius 3 is 2.42 bits per heavy atom. The lowest BCUT2D eigenvalue weighted by atomic mass is 9.87. The van der Waals surface area contributed by atoms with Crippen LogP contribution in [0, 0.1) is 6.92 Å². The van der Waals surface area contributed by atoms with Crippen LogP contribution >= 0.6 is 11.6 Å². The molecular formula is C26H26ClN3O3.